The molecule has 20 heavy (non-hydrogen) atoms. The first kappa shape index (κ1) is 14.5. The lowest BCUT2D eigenvalue weighted by Crippen LogP contribution is -2.06. The molecular weight excluding hydrogens is 248 g/mol. The van der Waals surface area contributed by atoms with Crippen LogP contribution in [0.2, 0.25) is 0 Å². The van der Waals surface area contributed by atoms with Crippen LogP contribution < -0.4 is 10.5 Å². The standard InChI is InChI=1S/C17H22N2O/c1-13-11-16(3-7-18)12-14(2)17(13)20-10-6-15-4-8-19-9-5-15/h4-5,8-9,11-12H,3,6-7,10,18H2,1-2H3. The van der Waals surface area contributed by atoms with E-state index in [4.69, 9.17) is 10.5 Å². The summed E-state index contributed by atoms with van der Waals surface area (Å²) in [7, 11) is 0. The summed E-state index contributed by atoms with van der Waals surface area (Å²) in [5, 5.41) is 0. The van der Waals surface area contributed by atoms with Crippen molar-refractivity contribution in [3.8, 4) is 5.75 Å². The number of nitrogens with two attached hydrogens (primary N) is 1. The maximum absolute atomic E-state index is 5.95. The molecule has 0 atom stereocenters. The largest absolute Gasteiger partial charge is 0.493 e. The third kappa shape index (κ3) is 3.81. The SMILES string of the molecule is Cc1cc(CCN)cc(C)c1OCCc1ccncc1. The van der Waals surface area contributed by atoms with Crippen LogP contribution in [-0.2, 0) is 12.8 Å². The van der Waals surface area contributed by atoms with Gasteiger partial charge in [-0.3, -0.25) is 4.98 Å². The molecule has 2 rings (SSSR count). The van der Waals surface area contributed by atoms with Crippen molar-refractivity contribution in [2.45, 2.75) is 26.7 Å². The second-order valence-corrected chi connectivity index (χ2v) is 5.05. The molecular formula is C17H22N2O. The Labute approximate surface area is 120 Å². The monoisotopic (exact) mass is 270 g/mol. The number of ether oxygens (including phenoxy) is 1. The van der Waals surface area contributed by atoms with E-state index in [9.17, 15) is 0 Å². The highest BCUT2D eigenvalue weighted by Gasteiger charge is 2.06. The topological polar surface area (TPSA) is 48.1 Å². The first-order valence-corrected chi connectivity index (χ1v) is 7.02. The number of hydrogen-bond donors (Lipinski definition) is 1. The van der Waals surface area contributed by atoms with Gasteiger partial charge in [0.05, 0.1) is 6.61 Å². The van der Waals surface area contributed by atoms with Crippen molar-refractivity contribution < 1.29 is 4.74 Å². The van der Waals surface area contributed by atoms with Crippen LogP contribution in [0.3, 0.4) is 0 Å². The van der Waals surface area contributed by atoms with E-state index in [-0.39, 0.29) is 0 Å². The lowest BCUT2D eigenvalue weighted by atomic mass is 10.0. The summed E-state index contributed by atoms with van der Waals surface area (Å²) in [6, 6.07) is 8.38. The Morgan fingerprint density at radius 3 is 2.25 bits per heavy atom. The minimum absolute atomic E-state index is 0.682. The fourth-order valence-electron chi connectivity index (χ4n) is 2.40. The Hall–Kier alpha value is -1.87. The lowest BCUT2D eigenvalue weighted by Gasteiger charge is -2.14. The summed E-state index contributed by atoms with van der Waals surface area (Å²) in [5.74, 6) is 1.000. The van der Waals surface area contributed by atoms with Gasteiger partial charge in [-0.2, -0.15) is 0 Å². The number of nitrogens with zero attached hydrogens (tertiary/aromatic N) is 1. The third-order valence-electron chi connectivity index (χ3n) is 3.34. The number of aromatic nitrogens is 1. The van der Waals surface area contributed by atoms with Crippen LogP contribution in [0.5, 0.6) is 5.75 Å². The zero-order valence-electron chi connectivity index (χ0n) is 12.2. The van der Waals surface area contributed by atoms with Crippen LogP contribution in [0.1, 0.15) is 22.3 Å². The predicted molar refractivity (Wildman–Crippen MR) is 82.1 cm³/mol. The first-order chi connectivity index (χ1) is 9.70. The molecule has 1 aromatic heterocycles. The van der Waals surface area contributed by atoms with Crippen molar-refractivity contribution >= 4 is 0 Å². The Bertz CT molecular complexity index is 529. The fourth-order valence-corrected chi connectivity index (χ4v) is 2.40. The van der Waals surface area contributed by atoms with Gasteiger partial charge in [0, 0.05) is 18.8 Å². The Morgan fingerprint density at radius 2 is 1.65 bits per heavy atom. The quantitative estimate of drug-likeness (QED) is 0.878. The second kappa shape index (κ2) is 7.06. The lowest BCUT2D eigenvalue weighted by molar-refractivity contribution is 0.317. The van der Waals surface area contributed by atoms with Crippen molar-refractivity contribution in [3.63, 3.8) is 0 Å². The van der Waals surface area contributed by atoms with E-state index in [0.717, 1.165) is 18.6 Å². The van der Waals surface area contributed by atoms with Crippen LogP contribution in [0.4, 0.5) is 0 Å². The van der Waals surface area contributed by atoms with Gasteiger partial charge in [-0.15, -0.1) is 0 Å². The maximum atomic E-state index is 5.95. The molecule has 3 heteroatoms. The summed E-state index contributed by atoms with van der Waals surface area (Å²) < 4.78 is 5.95. The summed E-state index contributed by atoms with van der Waals surface area (Å²) in [6.07, 6.45) is 5.44. The zero-order chi connectivity index (χ0) is 14.4. The number of benzene rings is 1. The number of rotatable bonds is 6. The van der Waals surface area contributed by atoms with Crippen molar-refractivity contribution in [1.29, 1.82) is 0 Å². The summed E-state index contributed by atoms with van der Waals surface area (Å²) in [5.41, 5.74) is 10.5. The molecule has 0 aliphatic rings. The molecule has 0 unspecified atom stereocenters. The van der Waals surface area contributed by atoms with Gasteiger partial charge >= 0.3 is 0 Å². The van der Waals surface area contributed by atoms with Crippen molar-refractivity contribution in [1.82, 2.24) is 4.98 Å². The van der Waals surface area contributed by atoms with Crippen LogP contribution in [0, 0.1) is 13.8 Å². The van der Waals surface area contributed by atoms with Gasteiger partial charge in [-0.05, 0) is 61.2 Å². The number of pyridine rings is 1. The van der Waals surface area contributed by atoms with Crippen LogP contribution in [0.15, 0.2) is 36.7 Å². The van der Waals surface area contributed by atoms with Crippen LogP contribution in [-0.4, -0.2) is 18.1 Å². The van der Waals surface area contributed by atoms with Gasteiger partial charge in [0.25, 0.3) is 0 Å². The highest BCUT2D eigenvalue weighted by atomic mass is 16.5. The minimum atomic E-state index is 0.682. The molecule has 1 heterocycles. The summed E-state index contributed by atoms with van der Waals surface area (Å²) in [6.45, 7) is 5.55. The molecule has 0 fully saturated rings. The Morgan fingerprint density at radius 1 is 1.00 bits per heavy atom. The molecule has 0 radical (unpaired) electrons. The molecule has 106 valence electrons. The van der Waals surface area contributed by atoms with Gasteiger partial charge < -0.3 is 10.5 Å². The molecule has 0 saturated carbocycles. The molecule has 0 aliphatic carbocycles. The molecule has 0 spiro atoms. The average molecular weight is 270 g/mol. The second-order valence-electron chi connectivity index (χ2n) is 5.05. The van der Waals surface area contributed by atoms with Gasteiger partial charge in [0.15, 0.2) is 0 Å². The predicted octanol–water partition coefficient (Wildman–Crippen LogP) is 2.82. The van der Waals surface area contributed by atoms with Crippen molar-refractivity contribution in [3.05, 3.63) is 58.9 Å². The van der Waals surface area contributed by atoms with E-state index in [2.05, 4.69) is 31.0 Å². The van der Waals surface area contributed by atoms with Gasteiger partial charge in [-0.25, -0.2) is 0 Å². The molecule has 0 amide bonds. The van der Waals surface area contributed by atoms with E-state index in [1.165, 1.54) is 22.3 Å². The summed E-state index contributed by atoms with van der Waals surface area (Å²) in [4.78, 5) is 4.02. The van der Waals surface area contributed by atoms with E-state index in [1.807, 2.05) is 24.5 Å². The first-order valence-electron chi connectivity index (χ1n) is 7.02. The summed E-state index contributed by atoms with van der Waals surface area (Å²) >= 11 is 0. The zero-order valence-corrected chi connectivity index (χ0v) is 12.2. The Balaban J connectivity index is 1.99. The van der Waals surface area contributed by atoms with Gasteiger partial charge in [-0.1, -0.05) is 12.1 Å². The minimum Gasteiger partial charge on any atom is -0.493 e. The highest BCUT2D eigenvalue weighted by Crippen LogP contribution is 2.25. The number of aryl methyl sites for hydroxylation is 2. The van der Waals surface area contributed by atoms with Gasteiger partial charge in [0.1, 0.15) is 5.75 Å². The molecule has 2 N–H and O–H groups in total. The molecule has 0 aliphatic heterocycles. The van der Waals surface area contributed by atoms with E-state index >= 15 is 0 Å². The van der Waals surface area contributed by atoms with Crippen LogP contribution in [0.25, 0.3) is 0 Å². The fraction of sp³-hybridized carbons (Fsp3) is 0.353. The molecule has 0 saturated heterocycles. The highest BCUT2D eigenvalue weighted by molar-refractivity contribution is 5.43. The van der Waals surface area contributed by atoms with E-state index in [0.29, 0.717) is 13.2 Å². The smallest absolute Gasteiger partial charge is 0.125 e. The molecule has 2 aromatic rings. The molecule has 0 bridgehead atoms. The maximum Gasteiger partial charge on any atom is 0.125 e. The van der Waals surface area contributed by atoms with Crippen molar-refractivity contribution in [2.75, 3.05) is 13.2 Å². The normalized spacial score (nSPS) is 10.6. The van der Waals surface area contributed by atoms with Crippen LogP contribution >= 0.6 is 0 Å². The number of hydrogen-bond acceptors (Lipinski definition) is 3. The molecule has 1 aromatic carbocycles. The Kier molecular flexibility index (Phi) is 5.13. The van der Waals surface area contributed by atoms with Crippen molar-refractivity contribution in [2.24, 2.45) is 5.73 Å². The van der Waals surface area contributed by atoms with E-state index < -0.39 is 0 Å². The van der Waals surface area contributed by atoms with Gasteiger partial charge in [0.2, 0.25) is 0 Å². The molecule has 3 nitrogen and oxygen atoms in total. The average Bonchev–Trinajstić information content (AvgIpc) is 2.43. The van der Waals surface area contributed by atoms with E-state index in [1.54, 1.807) is 0 Å². The third-order valence-corrected chi connectivity index (χ3v) is 3.34.